The number of imidazole rings is 1. The van der Waals surface area contributed by atoms with Gasteiger partial charge in [-0.1, -0.05) is 26.0 Å². The molecule has 1 aromatic carbocycles. The molecular formula is C16H22N4. The predicted molar refractivity (Wildman–Crippen MR) is 81.4 cm³/mol. The number of aromatic nitrogens is 2. The average molecular weight is 270 g/mol. The fourth-order valence-corrected chi connectivity index (χ4v) is 2.55. The molecule has 1 aromatic heterocycles. The maximum Gasteiger partial charge on any atom is 0.122 e. The Balaban J connectivity index is 2.46. The lowest BCUT2D eigenvalue weighted by molar-refractivity contribution is 0.395. The minimum atomic E-state index is -0.569. The van der Waals surface area contributed by atoms with Gasteiger partial charge in [-0.3, -0.25) is 5.32 Å². The number of nitriles is 1. The number of nitrogens with zero attached hydrogens (tertiary/aromatic N) is 3. The molecule has 2 rings (SSSR count). The van der Waals surface area contributed by atoms with Crippen LogP contribution >= 0.6 is 0 Å². The van der Waals surface area contributed by atoms with Crippen LogP contribution in [-0.2, 0) is 13.0 Å². The van der Waals surface area contributed by atoms with Gasteiger partial charge in [0.15, 0.2) is 0 Å². The number of aryl methyl sites for hydroxylation is 1. The third-order valence-corrected chi connectivity index (χ3v) is 3.50. The Labute approximate surface area is 120 Å². The quantitative estimate of drug-likeness (QED) is 0.878. The van der Waals surface area contributed by atoms with Gasteiger partial charge in [-0.15, -0.1) is 0 Å². The van der Waals surface area contributed by atoms with E-state index in [0.717, 1.165) is 36.2 Å². The molecule has 106 valence electrons. The first-order chi connectivity index (χ1) is 9.63. The van der Waals surface area contributed by atoms with E-state index in [1.54, 1.807) is 0 Å². The van der Waals surface area contributed by atoms with Gasteiger partial charge >= 0.3 is 0 Å². The summed E-state index contributed by atoms with van der Waals surface area (Å²) in [4.78, 5) is 4.71. The van der Waals surface area contributed by atoms with Crippen molar-refractivity contribution in [3.05, 3.63) is 30.1 Å². The zero-order valence-corrected chi connectivity index (χ0v) is 12.5. The van der Waals surface area contributed by atoms with Crippen LogP contribution in [0.25, 0.3) is 11.0 Å². The molecule has 0 fully saturated rings. The molecule has 0 aliphatic heterocycles. The summed E-state index contributed by atoms with van der Waals surface area (Å²) in [5.74, 6) is 1.06. The van der Waals surface area contributed by atoms with Crippen LogP contribution in [0.1, 0.15) is 33.0 Å². The lowest BCUT2D eigenvalue weighted by Gasteiger charge is -2.24. The van der Waals surface area contributed by atoms with Crippen LogP contribution in [0.5, 0.6) is 0 Å². The van der Waals surface area contributed by atoms with Crippen LogP contribution in [0.15, 0.2) is 24.3 Å². The van der Waals surface area contributed by atoms with E-state index in [2.05, 4.69) is 28.9 Å². The highest BCUT2D eigenvalue weighted by molar-refractivity contribution is 5.76. The van der Waals surface area contributed by atoms with Crippen molar-refractivity contribution in [3.63, 3.8) is 0 Å². The van der Waals surface area contributed by atoms with Crippen molar-refractivity contribution in [2.75, 3.05) is 6.54 Å². The number of hydrogen-bond acceptors (Lipinski definition) is 3. The Hall–Kier alpha value is -1.86. The largest absolute Gasteiger partial charge is 0.325 e. The molecule has 0 bridgehead atoms. The Morgan fingerprint density at radius 3 is 2.75 bits per heavy atom. The number of nitrogens with one attached hydrogen (secondary N) is 1. The Morgan fingerprint density at radius 1 is 1.35 bits per heavy atom. The first-order valence-electron chi connectivity index (χ1n) is 7.24. The number of benzene rings is 1. The SMILES string of the molecule is CCCc1nc2ccccc2n1CC(C)(C#N)NCC. The molecule has 0 spiro atoms. The number of likely N-dealkylation sites (N-methyl/N-ethyl adjacent to an activating group) is 1. The molecule has 4 heteroatoms. The van der Waals surface area contributed by atoms with Crippen molar-refractivity contribution in [2.45, 2.75) is 45.7 Å². The minimum absolute atomic E-state index is 0.569. The van der Waals surface area contributed by atoms with Crippen LogP contribution < -0.4 is 5.32 Å². The number of rotatable bonds is 6. The van der Waals surface area contributed by atoms with E-state index >= 15 is 0 Å². The second-order valence-corrected chi connectivity index (χ2v) is 5.33. The van der Waals surface area contributed by atoms with Crippen molar-refractivity contribution in [3.8, 4) is 6.07 Å². The van der Waals surface area contributed by atoms with Gasteiger partial charge in [0.1, 0.15) is 11.4 Å². The number of hydrogen-bond donors (Lipinski definition) is 1. The van der Waals surface area contributed by atoms with Crippen molar-refractivity contribution in [1.29, 1.82) is 5.26 Å². The molecule has 0 saturated carbocycles. The summed E-state index contributed by atoms with van der Waals surface area (Å²) in [6, 6.07) is 10.5. The lowest BCUT2D eigenvalue weighted by atomic mass is 10.0. The summed E-state index contributed by atoms with van der Waals surface area (Å²) < 4.78 is 2.19. The van der Waals surface area contributed by atoms with E-state index in [4.69, 9.17) is 4.98 Å². The highest BCUT2D eigenvalue weighted by Crippen LogP contribution is 2.20. The standard InChI is InChI=1S/C16H22N4/c1-4-8-15-19-13-9-6-7-10-14(13)20(15)12-16(3,11-17)18-5-2/h6-7,9-10,18H,4-5,8,12H2,1-3H3. The smallest absolute Gasteiger partial charge is 0.122 e. The zero-order chi connectivity index (χ0) is 14.6. The van der Waals surface area contributed by atoms with Gasteiger partial charge in [0.05, 0.1) is 23.6 Å². The molecule has 0 amide bonds. The Kier molecular flexibility index (Phi) is 4.41. The minimum Gasteiger partial charge on any atom is -0.325 e. The van der Waals surface area contributed by atoms with Crippen LogP contribution in [0, 0.1) is 11.3 Å². The van der Waals surface area contributed by atoms with Crippen molar-refractivity contribution in [2.24, 2.45) is 0 Å². The zero-order valence-electron chi connectivity index (χ0n) is 12.5. The normalized spacial score (nSPS) is 14.1. The van der Waals surface area contributed by atoms with Crippen molar-refractivity contribution >= 4 is 11.0 Å². The van der Waals surface area contributed by atoms with Gasteiger partial charge in [0, 0.05) is 6.42 Å². The highest BCUT2D eigenvalue weighted by atomic mass is 15.1. The molecule has 1 atom stereocenters. The fraction of sp³-hybridized carbons (Fsp3) is 0.500. The van der Waals surface area contributed by atoms with E-state index in [0.29, 0.717) is 6.54 Å². The van der Waals surface area contributed by atoms with Crippen LogP contribution in [0.4, 0.5) is 0 Å². The van der Waals surface area contributed by atoms with Crippen molar-refractivity contribution in [1.82, 2.24) is 14.9 Å². The lowest BCUT2D eigenvalue weighted by Crippen LogP contribution is -2.44. The van der Waals surface area contributed by atoms with Crippen molar-refractivity contribution < 1.29 is 0 Å². The van der Waals surface area contributed by atoms with E-state index in [-0.39, 0.29) is 0 Å². The molecule has 0 saturated heterocycles. The monoisotopic (exact) mass is 270 g/mol. The topological polar surface area (TPSA) is 53.6 Å². The van der Waals surface area contributed by atoms with E-state index in [1.165, 1.54) is 0 Å². The van der Waals surface area contributed by atoms with Gasteiger partial charge < -0.3 is 4.57 Å². The molecular weight excluding hydrogens is 248 g/mol. The Morgan fingerprint density at radius 2 is 2.10 bits per heavy atom. The summed E-state index contributed by atoms with van der Waals surface area (Å²) in [7, 11) is 0. The van der Waals surface area contributed by atoms with Gasteiger partial charge in [0.25, 0.3) is 0 Å². The molecule has 1 heterocycles. The number of fused-ring (bicyclic) bond motifs is 1. The molecule has 0 aliphatic carbocycles. The maximum absolute atomic E-state index is 9.46. The fourth-order valence-electron chi connectivity index (χ4n) is 2.55. The van der Waals surface area contributed by atoms with Gasteiger partial charge in [0.2, 0.25) is 0 Å². The second kappa shape index (κ2) is 6.06. The third kappa shape index (κ3) is 2.83. The third-order valence-electron chi connectivity index (χ3n) is 3.50. The number of para-hydroxylation sites is 2. The summed E-state index contributed by atoms with van der Waals surface area (Å²) in [5, 5.41) is 12.7. The average Bonchev–Trinajstić information content (AvgIpc) is 2.78. The van der Waals surface area contributed by atoms with E-state index < -0.39 is 5.54 Å². The predicted octanol–water partition coefficient (Wildman–Crippen LogP) is 2.88. The molecule has 0 radical (unpaired) electrons. The molecule has 1 N–H and O–H groups in total. The first kappa shape index (κ1) is 14.5. The van der Waals surface area contributed by atoms with E-state index in [9.17, 15) is 5.26 Å². The molecule has 2 aromatic rings. The van der Waals surface area contributed by atoms with Gasteiger partial charge in [-0.05, 0) is 32.0 Å². The first-order valence-corrected chi connectivity index (χ1v) is 7.24. The summed E-state index contributed by atoms with van der Waals surface area (Å²) in [6.07, 6.45) is 1.98. The van der Waals surface area contributed by atoms with Crippen LogP contribution in [0.2, 0.25) is 0 Å². The van der Waals surface area contributed by atoms with Crippen LogP contribution in [0.3, 0.4) is 0 Å². The molecule has 4 nitrogen and oxygen atoms in total. The van der Waals surface area contributed by atoms with E-state index in [1.807, 2.05) is 32.0 Å². The van der Waals surface area contributed by atoms with Crippen LogP contribution in [-0.4, -0.2) is 21.6 Å². The van der Waals surface area contributed by atoms with Gasteiger partial charge in [-0.25, -0.2) is 4.98 Å². The van der Waals surface area contributed by atoms with Gasteiger partial charge in [-0.2, -0.15) is 5.26 Å². The molecule has 20 heavy (non-hydrogen) atoms. The highest BCUT2D eigenvalue weighted by Gasteiger charge is 2.25. The summed E-state index contributed by atoms with van der Waals surface area (Å²) in [5.41, 5.74) is 1.55. The molecule has 1 unspecified atom stereocenters. The summed E-state index contributed by atoms with van der Waals surface area (Å²) >= 11 is 0. The molecule has 0 aliphatic rings. The summed E-state index contributed by atoms with van der Waals surface area (Å²) in [6.45, 7) is 7.51. The second-order valence-electron chi connectivity index (χ2n) is 5.33. The maximum atomic E-state index is 9.46. The Bertz CT molecular complexity index is 623.